The number of terminal acetylenes is 1. The van der Waals surface area contributed by atoms with Crippen LogP contribution in [-0.2, 0) is 0 Å². The molecule has 2 rings (SSSR count). The highest BCUT2D eigenvalue weighted by Gasteiger charge is 2.27. The first-order chi connectivity index (χ1) is 8.72. The highest BCUT2D eigenvalue weighted by atomic mass is 35.5. The summed E-state index contributed by atoms with van der Waals surface area (Å²) >= 11 is 0. The zero-order valence-corrected chi connectivity index (χ0v) is 12.1. The maximum atomic E-state index is 12.5. The molecule has 1 heterocycles. The first kappa shape index (κ1) is 15.8. The van der Waals surface area contributed by atoms with Crippen LogP contribution in [0.5, 0.6) is 0 Å². The van der Waals surface area contributed by atoms with Gasteiger partial charge in [-0.25, -0.2) is 0 Å². The molecule has 1 aromatic rings. The first-order valence-corrected chi connectivity index (χ1v) is 6.51. The summed E-state index contributed by atoms with van der Waals surface area (Å²) in [7, 11) is 0. The van der Waals surface area contributed by atoms with E-state index in [9.17, 15) is 4.79 Å². The van der Waals surface area contributed by atoms with Crippen molar-refractivity contribution in [3.63, 3.8) is 0 Å². The fourth-order valence-corrected chi connectivity index (χ4v) is 2.46. The van der Waals surface area contributed by atoms with E-state index in [1.54, 1.807) is 0 Å². The number of likely N-dealkylation sites (tertiary alicyclic amines) is 1. The number of carbonyl (C=O) groups is 1. The summed E-state index contributed by atoms with van der Waals surface area (Å²) in [6, 6.07) is 7.61. The summed E-state index contributed by atoms with van der Waals surface area (Å²) in [6.07, 6.45) is 8.25. The molecule has 0 saturated carbocycles. The molecular weight excluding hydrogens is 258 g/mol. The molecule has 1 atom stereocenters. The Morgan fingerprint density at radius 3 is 2.42 bits per heavy atom. The Morgan fingerprint density at radius 2 is 1.89 bits per heavy atom. The van der Waals surface area contributed by atoms with Crippen LogP contribution in [0.2, 0.25) is 0 Å². The average Bonchev–Trinajstić information content (AvgIpc) is 2.90. The van der Waals surface area contributed by atoms with Gasteiger partial charge < -0.3 is 0 Å². The van der Waals surface area contributed by atoms with E-state index in [0.717, 1.165) is 18.7 Å². The Hall–Kier alpha value is -1.30. The molecule has 0 N–H and O–H groups in total. The normalized spacial score (nSPS) is 16.4. The monoisotopic (exact) mass is 277 g/mol. The molecule has 2 nitrogen and oxygen atoms in total. The summed E-state index contributed by atoms with van der Waals surface area (Å²) in [5, 5.41) is 0. The molecule has 0 aromatic heterocycles. The molecule has 102 valence electrons. The van der Waals surface area contributed by atoms with E-state index in [2.05, 4.69) is 10.8 Å². The van der Waals surface area contributed by atoms with Gasteiger partial charge in [-0.05, 0) is 32.9 Å². The van der Waals surface area contributed by atoms with Crippen LogP contribution >= 0.6 is 12.4 Å². The summed E-state index contributed by atoms with van der Waals surface area (Å²) < 4.78 is 0. The average molecular weight is 278 g/mol. The number of benzene rings is 1. The lowest BCUT2D eigenvalue weighted by atomic mass is 10.00. The number of halogens is 1. The molecule has 1 aliphatic heterocycles. The Bertz CT molecular complexity index is 455. The van der Waals surface area contributed by atoms with Gasteiger partial charge in [-0.15, -0.1) is 24.8 Å². The molecule has 0 spiro atoms. The second-order valence-corrected chi connectivity index (χ2v) is 4.90. The third-order valence-electron chi connectivity index (χ3n) is 3.53. The van der Waals surface area contributed by atoms with Gasteiger partial charge in [0.25, 0.3) is 0 Å². The number of rotatable bonds is 4. The van der Waals surface area contributed by atoms with Gasteiger partial charge in [0.15, 0.2) is 5.78 Å². The minimum Gasteiger partial charge on any atom is -0.292 e. The highest BCUT2D eigenvalue weighted by Crippen LogP contribution is 2.18. The van der Waals surface area contributed by atoms with Gasteiger partial charge in [-0.1, -0.05) is 29.8 Å². The zero-order chi connectivity index (χ0) is 13.0. The number of ketones is 1. The molecule has 1 unspecified atom stereocenters. The third kappa shape index (κ3) is 3.83. The molecule has 3 heteroatoms. The maximum absolute atomic E-state index is 12.5. The lowest BCUT2D eigenvalue weighted by Gasteiger charge is -2.24. The topological polar surface area (TPSA) is 20.3 Å². The molecule has 0 amide bonds. The van der Waals surface area contributed by atoms with E-state index < -0.39 is 0 Å². The van der Waals surface area contributed by atoms with Gasteiger partial charge in [0.2, 0.25) is 0 Å². The van der Waals surface area contributed by atoms with E-state index in [4.69, 9.17) is 6.42 Å². The predicted octanol–water partition coefficient (Wildman–Crippen LogP) is 3.09. The lowest BCUT2D eigenvalue weighted by molar-refractivity contribution is 0.0853. The van der Waals surface area contributed by atoms with Crippen molar-refractivity contribution >= 4 is 18.2 Å². The van der Waals surface area contributed by atoms with E-state index >= 15 is 0 Å². The van der Waals surface area contributed by atoms with Gasteiger partial charge in [-0.2, -0.15) is 0 Å². The van der Waals surface area contributed by atoms with Crippen LogP contribution in [0.3, 0.4) is 0 Å². The number of carbonyl (C=O) groups excluding carboxylic acids is 1. The van der Waals surface area contributed by atoms with Crippen LogP contribution in [0, 0.1) is 19.3 Å². The largest absolute Gasteiger partial charge is 0.292 e. The lowest BCUT2D eigenvalue weighted by Crippen LogP contribution is -2.39. The van der Waals surface area contributed by atoms with Gasteiger partial charge in [0, 0.05) is 12.0 Å². The number of hydrogen-bond acceptors (Lipinski definition) is 2. The van der Waals surface area contributed by atoms with Gasteiger partial charge in [0.1, 0.15) is 0 Å². The van der Waals surface area contributed by atoms with Crippen LogP contribution in [0.15, 0.2) is 24.3 Å². The predicted molar refractivity (Wildman–Crippen MR) is 80.8 cm³/mol. The zero-order valence-electron chi connectivity index (χ0n) is 11.3. The Labute approximate surface area is 121 Å². The van der Waals surface area contributed by atoms with Crippen LogP contribution in [0.25, 0.3) is 0 Å². The van der Waals surface area contributed by atoms with Crippen LogP contribution in [0.4, 0.5) is 0 Å². The van der Waals surface area contributed by atoms with E-state index in [1.807, 2.05) is 31.2 Å². The molecule has 1 saturated heterocycles. The quantitative estimate of drug-likeness (QED) is 0.623. The van der Waals surface area contributed by atoms with Crippen molar-refractivity contribution < 1.29 is 4.79 Å². The molecule has 0 aliphatic carbocycles. The highest BCUT2D eigenvalue weighted by molar-refractivity contribution is 6.00. The smallest absolute Gasteiger partial charge is 0.180 e. The van der Waals surface area contributed by atoms with Crippen LogP contribution in [0.1, 0.15) is 35.2 Å². The van der Waals surface area contributed by atoms with Crippen molar-refractivity contribution in [1.82, 2.24) is 4.90 Å². The minimum absolute atomic E-state index is 0. The van der Waals surface area contributed by atoms with E-state index in [1.165, 1.54) is 18.4 Å². The fourth-order valence-electron chi connectivity index (χ4n) is 2.46. The Kier molecular flexibility index (Phi) is 6.08. The van der Waals surface area contributed by atoms with Crippen molar-refractivity contribution in [3.05, 3.63) is 35.4 Å². The molecule has 19 heavy (non-hydrogen) atoms. The number of aryl methyl sites for hydroxylation is 1. The van der Waals surface area contributed by atoms with Crippen molar-refractivity contribution in [2.45, 2.75) is 32.2 Å². The number of nitrogens with zero attached hydrogens (tertiary/aromatic N) is 1. The van der Waals surface area contributed by atoms with Crippen LogP contribution in [-0.4, -0.2) is 29.8 Å². The van der Waals surface area contributed by atoms with Crippen molar-refractivity contribution in [2.75, 3.05) is 13.1 Å². The molecule has 1 aliphatic rings. The van der Waals surface area contributed by atoms with Gasteiger partial charge >= 0.3 is 0 Å². The fraction of sp³-hybridized carbons (Fsp3) is 0.438. The summed E-state index contributed by atoms with van der Waals surface area (Å²) in [4.78, 5) is 14.7. The third-order valence-corrected chi connectivity index (χ3v) is 3.53. The molecule has 0 radical (unpaired) electrons. The van der Waals surface area contributed by atoms with Crippen molar-refractivity contribution in [2.24, 2.45) is 0 Å². The number of hydrogen-bond donors (Lipinski definition) is 0. The van der Waals surface area contributed by atoms with Crippen molar-refractivity contribution in [3.8, 4) is 12.3 Å². The summed E-state index contributed by atoms with van der Waals surface area (Å²) in [5.74, 6) is 2.81. The Balaban J connectivity index is 0.00000180. The van der Waals surface area contributed by atoms with Gasteiger partial charge in [0.05, 0.1) is 6.04 Å². The SMILES string of the molecule is C#CCC(C(=O)c1ccc(C)cc1)N1CCCC1.Cl. The second-order valence-electron chi connectivity index (χ2n) is 4.90. The second kappa shape index (κ2) is 7.33. The number of Topliss-reactive ketones (excluding diaryl/α,β-unsaturated/α-hetero) is 1. The minimum atomic E-state index is -0.139. The van der Waals surface area contributed by atoms with Crippen LogP contribution < -0.4 is 0 Å². The molecular formula is C16H20ClNO. The van der Waals surface area contributed by atoms with Crippen molar-refractivity contribution in [1.29, 1.82) is 0 Å². The molecule has 1 fully saturated rings. The molecule has 1 aromatic carbocycles. The molecule has 0 bridgehead atoms. The standard InChI is InChI=1S/C16H19NO.ClH/c1-3-6-15(17-11-4-5-12-17)16(18)14-9-7-13(2)8-10-14;/h1,7-10,15H,4-6,11-12H2,2H3;1H. The summed E-state index contributed by atoms with van der Waals surface area (Å²) in [5.41, 5.74) is 1.94. The first-order valence-electron chi connectivity index (χ1n) is 6.51. The summed E-state index contributed by atoms with van der Waals surface area (Å²) in [6.45, 7) is 4.00. The van der Waals surface area contributed by atoms with Gasteiger partial charge in [-0.3, -0.25) is 9.69 Å². The van der Waals surface area contributed by atoms with E-state index in [0.29, 0.717) is 6.42 Å². The maximum Gasteiger partial charge on any atom is 0.180 e. The van der Waals surface area contributed by atoms with E-state index in [-0.39, 0.29) is 24.2 Å². The Morgan fingerprint density at radius 1 is 1.32 bits per heavy atom.